The Morgan fingerprint density at radius 2 is 1.69 bits per heavy atom. The molecular weight excluding hydrogens is 468 g/mol. The summed E-state index contributed by atoms with van der Waals surface area (Å²) in [6, 6.07) is 1.15. The highest BCUT2D eigenvalue weighted by Crippen LogP contribution is 2.33. The molecule has 0 spiro atoms. The molecule has 0 saturated carbocycles. The first kappa shape index (κ1) is 32.4. The van der Waals surface area contributed by atoms with E-state index in [2.05, 4.69) is 39.6 Å². The molecule has 0 bridgehead atoms. The molecule has 0 aromatic heterocycles. The third-order valence-corrected chi connectivity index (χ3v) is 7.14. The minimum Gasteiger partial charge on any atom is -0.359 e. The van der Waals surface area contributed by atoms with Gasteiger partial charge in [-0.05, 0) is 31.7 Å². The van der Waals surface area contributed by atoms with Crippen LogP contribution in [0.2, 0.25) is 25.7 Å². The average molecular weight is 519 g/mol. The second-order valence-corrected chi connectivity index (χ2v) is 16.8. The predicted molar refractivity (Wildman–Crippen MR) is 140 cm³/mol. The smallest absolute Gasteiger partial charge is 0.163 e. The van der Waals surface area contributed by atoms with E-state index in [9.17, 15) is 0 Å². The summed E-state index contributed by atoms with van der Waals surface area (Å²) in [5.74, 6) is -0.660. The van der Waals surface area contributed by atoms with Crippen molar-refractivity contribution in [2.24, 2.45) is 5.41 Å². The highest BCUT2D eigenvalue weighted by Gasteiger charge is 2.43. The molecule has 1 saturated heterocycles. The highest BCUT2D eigenvalue weighted by atomic mass is 28.3. The average Bonchev–Trinajstić information content (AvgIpc) is 3.11. The molecule has 3 atom stereocenters. The minimum atomic E-state index is -1.06. The molecule has 0 unspecified atom stereocenters. The highest BCUT2D eigenvalue weighted by molar-refractivity contribution is 6.76. The zero-order valence-corrected chi connectivity index (χ0v) is 24.5. The lowest BCUT2D eigenvalue weighted by atomic mass is 9.84. The summed E-state index contributed by atoms with van der Waals surface area (Å²) >= 11 is 0. The summed E-state index contributed by atoms with van der Waals surface area (Å²) in [6.07, 6.45) is 7.92. The second kappa shape index (κ2) is 16.3. The monoisotopic (exact) mass is 518 g/mol. The van der Waals surface area contributed by atoms with E-state index in [0.29, 0.717) is 26.4 Å². The van der Waals surface area contributed by atoms with Crippen LogP contribution in [0.4, 0.5) is 0 Å². The molecule has 1 heterocycles. The first-order valence-electron chi connectivity index (χ1n) is 12.4. The van der Waals surface area contributed by atoms with Crippen molar-refractivity contribution in [1.29, 1.82) is 0 Å². The number of ether oxygens (including phenoxy) is 8. The lowest BCUT2D eigenvalue weighted by molar-refractivity contribution is -0.209. The summed E-state index contributed by atoms with van der Waals surface area (Å²) < 4.78 is 45.4. The van der Waals surface area contributed by atoms with Crippen LogP contribution in [0.25, 0.3) is 0 Å². The Morgan fingerprint density at radius 3 is 2.29 bits per heavy atom. The maximum absolute atomic E-state index is 6.09. The SMILES string of the molecule is COCO[C@@H]([C@H](CC(C)(C)/C=C/C=C/COCOCC[Si](C)(C)C)OCOC)[C@H]1COC(C)(C)O1. The van der Waals surface area contributed by atoms with Crippen molar-refractivity contribution in [3.63, 3.8) is 0 Å². The van der Waals surface area contributed by atoms with Crippen LogP contribution in [0.1, 0.15) is 34.1 Å². The van der Waals surface area contributed by atoms with Crippen LogP contribution >= 0.6 is 0 Å². The van der Waals surface area contributed by atoms with E-state index in [-0.39, 0.29) is 37.3 Å². The molecule has 1 aliphatic heterocycles. The van der Waals surface area contributed by atoms with Crippen LogP contribution in [0.5, 0.6) is 0 Å². The molecule has 0 radical (unpaired) electrons. The van der Waals surface area contributed by atoms with Gasteiger partial charge in [0.2, 0.25) is 0 Å². The molecule has 0 aromatic carbocycles. The van der Waals surface area contributed by atoms with Crippen molar-refractivity contribution in [2.45, 2.75) is 83.9 Å². The van der Waals surface area contributed by atoms with Gasteiger partial charge in [-0.1, -0.05) is 57.8 Å². The molecular formula is C26H50O8Si. The van der Waals surface area contributed by atoms with E-state index in [0.717, 1.165) is 12.7 Å². The molecule has 35 heavy (non-hydrogen) atoms. The molecule has 0 N–H and O–H groups in total. The minimum absolute atomic E-state index is 0.138. The number of allylic oxidation sites excluding steroid dienone is 3. The Hall–Kier alpha value is -0.623. The van der Waals surface area contributed by atoms with Gasteiger partial charge >= 0.3 is 0 Å². The van der Waals surface area contributed by atoms with Crippen LogP contribution in [0.15, 0.2) is 24.3 Å². The lowest BCUT2D eigenvalue weighted by Gasteiger charge is -2.35. The maximum atomic E-state index is 6.09. The third-order valence-electron chi connectivity index (χ3n) is 5.44. The summed E-state index contributed by atoms with van der Waals surface area (Å²) in [4.78, 5) is 0. The van der Waals surface area contributed by atoms with Crippen molar-refractivity contribution in [2.75, 3.05) is 54.4 Å². The molecule has 1 aliphatic rings. The molecule has 9 heteroatoms. The first-order valence-corrected chi connectivity index (χ1v) is 16.1. The van der Waals surface area contributed by atoms with E-state index in [1.54, 1.807) is 14.2 Å². The van der Waals surface area contributed by atoms with Gasteiger partial charge in [0.25, 0.3) is 0 Å². The van der Waals surface area contributed by atoms with Crippen molar-refractivity contribution in [3.05, 3.63) is 24.3 Å². The Balaban J connectivity index is 2.61. The number of methoxy groups -OCH3 is 2. The van der Waals surface area contributed by atoms with Crippen LogP contribution in [0, 0.1) is 5.41 Å². The quantitative estimate of drug-likeness (QED) is 0.103. The Labute approximate surface area is 214 Å². The fourth-order valence-corrected chi connectivity index (χ4v) is 4.31. The summed E-state index contributed by atoms with van der Waals surface area (Å²) in [6.45, 7) is 17.5. The standard InChI is InChI=1S/C26H50O8Si/c1-25(2,13-11-10-12-14-29-21-30-15-16-35(7,8)9)17-22(31-19-27-5)24(32-20-28-6)23-18-33-26(3,4)34-23/h10-13,22-24H,14-21H2,1-9H3/b12-10+,13-11+/t22-,23+,24-/m0/s1. The van der Waals surface area contributed by atoms with E-state index in [4.69, 9.17) is 37.9 Å². The molecule has 1 rings (SSSR count). The Bertz CT molecular complexity index is 615. The van der Waals surface area contributed by atoms with Crippen molar-refractivity contribution < 1.29 is 37.9 Å². The zero-order chi connectivity index (χ0) is 26.4. The van der Waals surface area contributed by atoms with Crippen LogP contribution in [0.3, 0.4) is 0 Å². The second-order valence-electron chi connectivity index (χ2n) is 11.2. The molecule has 0 aliphatic carbocycles. The summed E-state index contributed by atoms with van der Waals surface area (Å²) in [5.41, 5.74) is -0.173. The Morgan fingerprint density at radius 1 is 1.00 bits per heavy atom. The number of rotatable bonds is 19. The van der Waals surface area contributed by atoms with Gasteiger partial charge in [0.1, 0.15) is 32.6 Å². The van der Waals surface area contributed by atoms with Crippen LogP contribution in [-0.4, -0.2) is 86.6 Å². The van der Waals surface area contributed by atoms with Gasteiger partial charge in [0, 0.05) is 28.9 Å². The normalized spacial score (nSPS) is 20.8. The number of hydrogen-bond acceptors (Lipinski definition) is 8. The van der Waals surface area contributed by atoms with E-state index >= 15 is 0 Å². The summed E-state index contributed by atoms with van der Waals surface area (Å²) in [5, 5.41) is 0. The van der Waals surface area contributed by atoms with E-state index in [1.807, 2.05) is 32.1 Å². The predicted octanol–water partition coefficient (Wildman–Crippen LogP) is 4.97. The fourth-order valence-electron chi connectivity index (χ4n) is 3.55. The zero-order valence-electron chi connectivity index (χ0n) is 23.5. The van der Waals surface area contributed by atoms with Crippen LogP contribution < -0.4 is 0 Å². The molecule has 1 fully saturated rings. The molecule has 8 nitrogen and oxygen atoms in total. The van der Waals surface area contributed by atoms with Gasteiger partial charge in [-0.3, -0.25) is 0 Å². The topological polar surface area (TPSA) is 73.8 Å². The number of hydrogen-bond donors (Lipinski definition) is 0. The molecule has 0 amide bonds. The van der Waals surface area contributed by atoms with Gasteiger partial charge in [0.15, 0.2) is 5.79 Å². The maximum Gasteiger partial charge on any atom is 0.163 e. The van der Waals surface area contributed by atoms with Gasteiger partial charge < -0.3 is 37.9 Å². The van der Waals surface area contributed by atoms with Gasteiger partial charge in [-0.25, -0.2) is 0 Å². The third kappa shape index (κ3) is 15.3. The molecule has 206 valence electrons. The van der Waals surface area contributed by atoms with Crippen molar-refractivity contribution >= 4 is 8.07 Å². The molecule has 0 aromatic rings. The van der Waals surface area contributed by atoms with Crippen LogP contribution in [-0.2, 0) is 37.9 Å². The van der Waals surface area contributed by atoms with Gasteiger partial charge in [-0.2, -0.15) is 0 Å². The van der Waals surface area contributed by atoms with E-state index in [1.165, 1.54) is 0 Å². The van der Waals surface area contributed by atoms with Gasteiger partial charge in [-0.15, -0.1) is 0 Å². The van der Waals surface area contributed by atoms with E-state index < -0.39 is 13.9 Å². The first-order chi connectivity index (χ1) is 16.4. The Kier molecular flexibility index (Phi) is 15.1. The van der Waals surface area contributed by atoms with Crippen molar-refractivity contribution in [3.8, 4) is 0 Å². The fraction of sp³-hybridized carbons (Fsp3) is 0.846. The van der Waals surface area contributed by atoms with Gasteiger partial charge in [0.05, 0.1) is 19.3 Å². The summed E-state index contributed by atoms with van der Waals surface area (Å²) in [7, 11) is 2.15. The lowest BCUT2D eigenvalue weighted by Crippen LogP contribution is -2.45. The van der Waals surface area contributed by atoms with Crippen molar-refractivity contribution in [1.82, 2.24) is 0 Å². The largest absolute Gasteiger partial charge is 0.359 e.